The summed E-state index contributed by atoms with van der Waals surface area (Å²) >= 11 is 0. The third-order valence-corrected chi connectivity index (χ3v) is 4.76. The van der Waals surface area contributed by atoms with Gasteiger partial charge in [-0.15, -0.1) is 0 Å². The van der Waals surface area contributed by atoms with Crippen LogP contribution in [-0.4, -0.2) is 24.3 Å². The van der Waals surface area contributed by atoms with Gasteiger partial charge in [-0.05, 0) is 6.08 Å². The van der Waals surface area contributed by atoms with E-state index in [0.29, 0.717) is 22.4 Å². The van der Waals surface area contributed by atoms with Crippen molar-refractivity contribution in [2.24, 2.45) is 0 Å². The van der Waals surface area contributed by atoms with Crippen LogP contribution >= 0.6 is 0 Å². The molecule has 1 aromatic heterocycles. The van der Waals surface area contributed by atoms with Gasteiger partial charge < -0.3 is 23.7 Å². The number of rotatable bonds is 1. The molecule has 5 rings (SSSR count). The SMILES string of the molecule is COc1cc2c(c3oc(=O)c4c(c13)C(=O)CC4O)C1C=COC1O2. The third kappa shape index (κ3) is 1.50. The Morgan fingerprint density at radius 3 is 2.92 bits per heavy atom. The second-order valence-electron chi connectivity index (χ2n) is 5.99. The highest BCUT2D eigenvalue weighted by Crippen LogP contribution is 2.50. The molecule has 3 unspecified atom stereocenters. The highest BCUT2D eigenvalue weighted by atomic mass is 16.7. The van der Waals surface area contributed by atoms with Gasteiger partial charge in [0.1, 0.15) is 11.5 Å². The number of benzene rings is 1. The van der Waals surface area contributed by atoms with Crippen LogP contribution in [0.15, 0.2) is 27.6 Å². The fraction of sp³-hybridized carbons (Fsp3) is 0.294. The van der Waals surface area contributed by atoms with Crippen molar-refractivity contribution in [2.75, 3.05) is 7.11 Å². The fourth-order valence-electron chi connectivity index (χ4n) is 3.74. The van der Waals surface area contributed by atoms with Crippen LogP contribution in [0.2, 0.25) is 0 Å². The van der Waals surface area contributed by atoms with Crippen LogP contribution in [0.4, 0.5) is 0 Å². The number of methoxy groups -OCH3 is 1. The predicted octanol–water partition coefficient (Wildman–Crippen LogP) is 1.77. The maximum atomic E-state index is 12.4. The first kappa shape index (κ1) is 13.6. The van der Waals surface area contributed by atoms with E-state index in [0.717, 1.165) is 0 Å². The molecule has 1 N–H and O–H groups in total. The minimum Gasteiger partial charge on any atom is -0.496 e. The van der Waals surface area contributed by atoms with Crippen molar-refractivity contribution in [1.29, 1.82) is 0 Å². The molecule has 0 fully saturated rings. The topological polar surface area (TPSA) is 95.2 Å². The monoisotopic (exact) mass is 328 g/mol. The Bertz CT molecular complexity index is 1000. The van der Waals surface area contributed by atoms with Crippen molar-refractivity contribution in [3.05, 3.63) is 45.5 Å². The number of fused-ring (bicyclic) bond motifs is 7. The molecule has 3 atom stereocenters. The quantitative estimate of drug-likeness (QED) is 0.797. The molecule has 3 heterocycles. The van der Waals surface area contributed by atoms with Crippen molar-refractivity contribution in [2.45, 2.75) is 24.7 Å². The van der Waals surface area contributed by atoms with Crippen LogP contribution in [0.25, 0.3) is 11.0 Å². The number of hydrogen-bond acceptors (Lipinski definition) is 7. The molecule has 2 aromatic rings. The number of aliphatic hydroxyl groups excluding tert-OH is 1. The molecule has 24 heavy (non-hydrogen) atoms. The van der Waals surface area contributed by atoms with Crippen LogP contribution < -0.4 is 15.1 Å². The van der Waals surface area contributed by atoms with Gasteiger partial charge in [-0.2, -0.15) is 0 Å². The molecule has 2 aliphatic heterocycles. The predicted molar refractivity (Wildman–Crippen MR) is 80.3 cm³/mol. The van der Waals surface area contributed by atoms with Crippen LogP contribution in [0, 0.1) is 0 Å². The van der Waals surface area contributed by atoms with E-state index in [-0.39, 0.29) is 34.8 Å². The summed E-state index contributed by atoms with van der Waals surface area (Å²) in [4.78, 5) is 24.7. The van der Waals surface area contributed by atoms with E-state index < -0.39 is 18.0 Å². The lowest BCUT2D eigenvalue weighted by molar-refractivity contribution is -0.00485. The smallest absolute Gasteiger partial charge is 0.342 e. The summed E-state index contributed by atoms with van der Waals surface area (Å²) in [5, 5.41) is 10.4. The Morgan fingerprint density at radius 2 is 2.12 bits per heavy atom. The van der Waals surface area contributed by atoms with Gasteiger partial charge in [-0.25, -0.2) is 4.79 Å². The van der Waals surface area contributed by atoms with E-state index in [1.807, 2.05) is 6.08 Å². The van der Waals surface area contributed by atoms with E-state index in [4.69, 9.17) is 18.6 Å². The minimum atomic E-state index is -1.15. The van der Waals surface area contributed by atoms with Gasteiger partial charge in [0.05, 0.1) is 41.9 Å². The van der Waals surface area contributed by atoms with Crippen molar-refractivity contribution >= 4 is 16.8 Å². The summed E-state index contributed by atoms with van der Waals surface area (Å²) in [6.45, 7) is 0. The van der Waals surface area contributed by atoms with Gasteiger partial charge in [-0.3, -0.25) is 4.79 Å². The lowest BCUT2D eigenvalue weighted by atomic mass is 9.95. The first-order valence-electron chi connectivity index (χ1n) is 7.51. The van der Waals surface area contributed by atoms with E-state index >= 15 is 0 Å². The Hall–Kier alpha value is -2.80. The zero-order valence-corrected chi connectivity index (χ0v) is 12.6. The standard InChI is InChI=1S/C17H12O7/c1-21-9-5-10-11(6-2-3-22-17(6)23-10)15-14(9)12-7(18)4-8(19)13(12)16(20)24-15/h2-3,5-6,8,17,19H,4H2,1H3. The number of hydrogen-bond donors (Lipinski definition) is 1. The average molecular weight is 328 g/mol. The number of ether oxygens (including phenoxy) is 3. The molecule has 3 aliphatic rings. The first-order chi connectivity index (χ1) is 11.6. The van der Waals surface area contributed by atoms with Crippen LogP contribution in [-0.2, 0) is 4.74 Å². The van der Waals surface area contributed by atoms with Gasteiger partial charge >= 0.3 is 5.63 Å². The number of carbonyl (C=O) groups excluding carboxylic acids is 1. The average Bonchev–Trinajstić information content (AvgIpc) is 3.19. The van der Waals surface area contributed by atoms with Crippen LogP contribution in [0.1, 0.15) is 39.9 Å². The van der Waals surface area contributed by atoms with Gasteiger partial charge in [0.15, 0.2) is 11.4 Å². The van der Waals surface area contributed by atoms with E-state index in [9.17, 15) is 14.7 Å². The summed E-state index contributed by atoms with van der Waals surface area (Å²) in [7, 11) is 1.46. The summed E-state index contributed by atoms with van der Waals surface area (Å²) in [6.07, 6.45) is 1.55. The molecule has 7 heteroatoms. The van der Waals surface area contributed by atoms with Crippen molar-refractivity contribution < 1.29 is 28.5 Å². The highest BCUT2D eigenvalue weighted by Gasteiger charge is 2.43. The lowest BCUT2D eigenvalue weighted by Gasteiger charge is -2.12. The van der Waals surface area contributed by atoms with Crippen LogP contribution in [0.3, 0.4) is 0 Å². The first-order valence-corrected chi connectivity index (χ1v) is 7.51. The van der Waals surface area contributed by atoms with E-state index in [2.05, 4.69) is 0 Å². The second kappa shape index (κ2) is 4.39. The number of carbonyl (C=O) groups is 1. The fourth-order valence-corrected chi connectivity index (χ4v) is 3.74. The number of aliphatic hydroxyl groups is 1. The molecule has 0 radical (unpaired) electrons. The molecule has 7 nitrogen and oxygen atoms in total. The molecular formula is C17H12O7. The number of Topliss-reactive ketones (excluding diaryl/α,β-unsaturated/α-hetero) is 1. The second-order valence-corrected chi connectivity index (χ2v) is 5.99. The van der Waals surface area contributed by atoms with Crippen molar-refractivity contribution in [3.63, 3.8) is 0 Å². The Morgan fingerprint density at radius 1 is 1.29 bits per heavy atom. The summed E-state index contributed by atoms with van der Waals surface area (Å²) < 4.78 is 22.0. The molecular weight excluding hydrogens is 316 g/mol. The maximum Gasteiger partial charge on any atom is 0.342 e. The van der Waals surface area contributed by atoms with E-state index in [1.165, 1.54) is 13.4 Å². The largest absolute Gasteiger partial charge is 0.496 e. The molecule has 0 spiro atoms. The lowest BCUT2D eigenvalue weighted by Crippen LogP contribution is -2.14. The highest BCUT2D eigenvalue weighted by molar-refractivity contribution is 6.13. The third-order valence-electron chi connectivity index (χ3n) is 4.76. The minimum absolute atomic E-state index is 0.000528. The van der Waals surface area contributed by atoms with Crippen molar-refractivity contribution in [3.8, 4) is 11.5 Å². The summed E-state index contributed by atoms with van der Waals surface area (Å²) in [5.74, 6) is 0.321. The van der Waals surface area contributed by atoms with Gasteiger partial charge in [0, 0.05) is 18.1 Å². The Balaban J connectivity index is 1.96. The Kier molecular flexibility index (Phi) is 2.49. The normalized spacial score (nSPS) is 26.1. The molecule has 1 aliphatic carbocycles. The molecule has 0 saturated carbocycles. The van der Waals surface area contributed by atoms with E-state index in [1.54, 1.807) is 6.07 Å². The summed E-state index contributed by atoms with van der Waals surface area (Å²) in [5.41, 5.74) is 0.369. The van der Waals surface area contributed by atoms with Gasteiger partial charge in [0.2, 0.25) is 0 Å². The molecule has 0 bridgehead atoms. The molecule has 0 amide bonds. The van der Waals surface area contributed by atoms with Crippen LogP contribution in [0.5, 0.6) is 11.5 Å². The zero-order valence-electron chi connectivity index (χ0n) is 12.6. The van der Waals surface area contributed by atoms with Gasteiger partial charge in [-0.1, -0.05) is 0 Å². The van der Waals surface area contributed by atoms with Crippen molar-refractivity contribution in [1.82, 2.24) is 0 Å². The molecule has 0 saturated heterocycles. The number of ketones is 1. The molecule has 1 aromatic carbocycles. The summed E-state index contributed by atoms with van der Waals surface area (Å²) in [6, 6.07) is 1.66. The maximum absolute atomic E-state index is 12.4. The zero-order chi connectivity index (χ0) is 16.6. The molecule has 122 valence electrons. The Labute approximate surface area is 135 Å². The van der Waals surface area contributed by atoms with Gasteiger partial charge in [0.25, 0.3) is 6.29 Å².